The number of nitrogens with one attached hydrogen (secondary N) is 1. The van der Waals surface area contributed by atoms with Crippen LogP contribution in [0.1, 0.15) is 40.5 Å². The number of ether oxygens (including phenoxy) is 1. The van der Waals surface area contributed by atoms with E-state index in [-0.39, 0.29) is 12.0 Å². The Morgan fingerprint density at radius 1 is 1.09 bits per heavy atom. The SMILES string of the molecule is CN1CCC(OC(=O)N2Cc3c(NC(=O)c4ccc(F)cc4)nn4c3C2(C)C4)(c2ccccc2)C1. The van der Waals surface area contributed by atoms with Gasteiger partial charge in [0.1, 0.15) is 11.4 Å². The Hall–Kier alpha value is -3.72. The van der Waals surface area contributed by atoms with Crippen molar-refractivity contribution in [2.75, 3.05) is 25.5 Å². The number of halogens is 1. The summed E-state index contributed by atoms with van der Waals surface area (Å²) in [5.74, 6) is -0.359. The fraction of sp³-hybridized carbons (Fsp3) is 0.346. The third-order valence-corrected chi connectivity index (χ3v) is 7.49. The first kappa shape index (κ1) is 21.8. The number of hydrogen-bond acceptors (Lipinski definition) is 5. The van der Waals surface area contributed by atoms with E-state index in [9.17, 15) is 14.0 Å². The topological polar surface area (TPSA) is 79.7 Å². The Morgan fingerprint density at radius 2 is 1.83 bits per heavy atom. The highest BCUT2D eigenvalue weighted by molar-refractivity contribution is 6.04. The van der Waals surface area contributed by atoms with Gasteiger partial charge in [0.15, 0.2) is 11.4 Å². The first-order valence-electron chi connectivity index (χ1n) is 11.7. The number of likely N-dealkylation sites (tertiary alicyclic amines) is 1. The lowest BCUT2D eigenvalue weighted by atomic mass is 9.91. The summed E-state index contributed by atoms with van der Waals surface area (Å²) >= 11 is 0. The maximum Gasteiger partial charge on any atom is 0.411 e. The molecule has 2 unspecified atom stereocenters. The van der Waals surface area contributed by atoms with E-state index >= 15 is 0 Å². The van der Waals surface area contributed by atoms with Gasteiger partial charge in [-0.2, -0.15) is 5.10 Å². The van der Waals surface area contributed by atoms with Gasteiger partial charge in [-0.3, -0.25) is 14.4 Å². The molecule has 8 nitrogen and oxygen atoms in total. The van der Waals surface area contributed by atoms with Crippen molar-refractivity contribution in [3.63, 3.8) is 0 Å². The molecule has 4 heterocycles. The Labute approximate surface area is 202 Å². The minimum absolute atomic E-state index is 0.296. The van der Waals surface area contributed by atoms with Crippen LogP contribution in [0, 0.1) is 5.82 Å². The molecule has 1 fully saturated rings. The smallest absolute Gasteiger partial charge is 0.411 e. The second-order valence-corrected chi connectivity index (χ2v) is 9.87. The maximum absolute atomic E-state index is 13.6. The number of rotatable bonds is 4. The summed E-state index contributed by atoms with van der Waals surface area (Å²) in [5.41, 5.74) is 1.81. The second kappa shape index (κ2) is 7.64. The number of likely N-dealkylation sites (N-methyl/N-ethyl adjacent to an activating group) is 1. The minimum Gasteiger partial charge on any atom is -0.436 e. The molecule has 3 aliphatic rings. The van der Waals surface area contributed by atoms with Gasteiger partial charge in [-0.15, -0.1) is 0 Å². The molecule has 0 saturated carbocycles. The summed E-state index contributed by atoms with van der Waals surface area (Å²) in [6.45, 7) is 4.30. The molecule has 6 rings (SSSR count). The number of benzene rings is 2. The summed E-state index contributed by atoms with van der Waals surface area (Å²) in [4.78, 5) is 30.2. The zero-order chi connectivity index (χ0) is 24.4. The van der Waals surface area contributed by atoms with E-state index in [1.54, 1.807) is 4.90 Å². The van der Waals surface area contributed by atoms with Crippen molar-refractivity contribution in [1.29, 1.82) is 0 Å². The molecular formula is C26H26FN5O3. The molecule has 3 aliphatic heterocycles. The zero-order valence-corrected chi connectivity index (χ0v) is 19.6. The summed E-state index contributed by atoms with van der Waals surface area (Å²) in [6, 6.07) is 15.3. The van der Waals surface area contributed by atoms with Gasteiger partial charge in [-0.1, -0.05) is 30.3 Å². The fourth-order valence-corrected chi connectivity index (χ4v) is 5.64. The van der Waals surface area contributed by atoms with Crippen molar-refractivity contribution in [3.8, 4) is 0 Å². The van der Waals surface area contributed by atoms with E-state index in [1.807, 2.05) is 49.0 Å². The molecule has 1 N–H and O–H groups in total. The molecule has 0 bridgehead atoms. The Kier molecular flexibility index (Phi) is 4.76. The highest BCUT2D eigenvalue weighted by atomic mass is 19.1. The van der Waals surface area contributed by atoms with Crippen molar-refractivity contribution in [3.05, 3.63) is 82.8 Å². The van der Waals surface area contributed by atoms with Crippen molar-refractivity contribution >= 4 is 17.8 Å². The molecule has 1 saturated heterocycles. The van der Waals surface area contributed by atoms with Crippen LogP contribution in [0.4, 0.5) is 15.0 Å². The van der Waals surface area contributed by atoms with E-state index in [1.165, 1.54) is 24.3 Å². The number of amides is 2. The highest BCUT2D eigenvalue weighted by Crippen LogP contribution is 2.50. The van der Waals surface area contributed by atoms with E-state index in [4.69, 9.17) is 4.74 Å². The Bertz CT molecular complexity index is 1320. The molecule has 9 heteroatoms. The van der Waals surface area contributed by atoms with Gasteiger partial charge in [-0.25, -0.2) is 9.18 Å². The molecule has 2 amide bonds. The molecule has 2 atom stereocenters. The van der Waals surface area contributed by atoms with Crippen molar-refractivity contribution in [2.45, 2.75) is 37.6 Å². The average molecular weight is 476 g/mol. The average Bonchev–Trinajstić information content (AvgIpc) is 3.43. The quantitative estimate of drug-likeness (QED) is 0.623. The number of nitrogens with zero attached hydrogens (tertiary/aromatic N) is 4. The van der Waals surface area contributed by atoms with Crippen molar-refractivity contribution in [2.24, 2.45) is 0 Å². The van der Waals surface area contributed by atoms with E-state index in [2.05, 4.69) is 15.3 Å². The molecule has 1 aromatic heterocycles. The van der Waals surface area contributed by atoms with Crippen LogP contribution in [0.2, 0.25) is 0 Å². The van der Waals surface area contributed by atoms with Gasteiger partial charge < -0.3 is 15.0 Å². The van der Waals surface area contributed by atoms with Gasteiger partial charge in [-0.05, 0) is 43.8 Å². The van der Waals surface area contributed by atoms with Gasteiger partial charge in [0, 0.05) is 30.6 Å². The van der Waals surface area contributed by atoms with Crippen LogP contribution in [0.3, 0.4) is 0 Å². The monoisotopic (exact) mass is 475 g/mol. The van der Waals surface area contributed by atoms with Crippen LogP contribution in [0.25, 0.3) is 0 Å². The summed E-state index contributed by atoms with van der Waals surface area (Å²) < 4.78 is 21.3. The van der Waals surface area contributed by atoms with Crippen LogP contribution in [0.5, 0.6) is 0 Å². The molecule has 0 aliphatic carbocycles. The third-order valence-electron chi connectivity index (χ3n) is 7.49. The van der Waals surface area contributed by atoms with Crippen LogP contribution < -0.4 is 5.32 Å². The van der Waals surface area contributed by atoms with Crippen LogP contribution >= 0.6 is 0 Å². The lowest BCUT2D eigenvalue weighted by Crippen LogP contribution is -2.54. The van der Waals surface area contributed by atoms with Gasteiger partial charge >= 0.3 is 6.09 Å². The van der Waals surface area contributed by atoms with Crippen molar-refractivity contribution in [1.82, 2.24) is 19.6 Å². The first-order valence-corrected chi connectivity index (χ1v) is 11.7. The molecule has 35 heavy (non-hydrogen) atoms. The summed E-state index contributed by atoms with van der Waals surface area (Å²) in [7, 11) is 2.03. The molecule has 3 aromatic rings. The number of hydrogen-bond donors (Lipinski definition) is 1. The zero-order valence-electron chi connectivity index (χ0n) is 19.6. The van der Waals surface area contributed by atoms with Crippen LogP contribution in [0.15, 0.2) is 54.6 Å². The van der Waals surface area contributed by atoms with Gasteiger partial charge in [0.05, 0.1) is 18.8 Å². The molecular weight excluding hydrogens is 449 g/mol. The summed E-state index contributed by atoms with van der Waals surface area (Å²) in [6.07, 6.45) is 0.355. The lowest BCUT2D eigenvalue weighted by molar-refractivity contribution is -0.0356. The van der Waals surface area contributed by atoms with Crippen LogP contribution in [-0.4, -0.2) is 51.7 Å². The van der Waals surface area contributed by atoms with E-state index in [0.717, 1.165) is 29.8 Å². The van der Waals surface area contributed by atoms with Crippen LogP contribution in [-0.2, 0) is 29.0 Å². The molecule has 0 radical (unpaired) electrons. The third kappa shape index (κ3) is 3.33. The fourth-order valence-electron chi connectivity index (χ4n) is 5.64. The van der Waals surface area contributed by atoms with Gasteiger partial charge in [0.25, 0.3) is 5.91 Å². The largest absolute Gasteiger partial charge is 0.436 e. The number of carbonyl (C=O) groups excluding carboxylic acids is 2. The standard InChI is InChI=1S/C26H26FN5O3/c1-25-15-32-21(25)20(22(29-32)28-23(33)17-8-10-19(27)11-9-17)14-31(25)24(34)35-26(12-13-30(2)16-26)18-6-4-3-5-7-18/h3-11H,12-16H2,1-2H3,(H,28,29,33). The predicted molar refractivity (Wildman–Crippen MR) is 126 cm³/mol. The van der Waals surface area contributed by atoms with Gasteiger partial charge in [0.2, 0.25) is 0 Å². The Balaban J connectivity index is 1.24. The number of aromatic nitrogens is 2. The minimum atomic E-state index is -0.701. The second-order valence-electron chi connectivity index (χ2n) is 9.87. The highest BCUT2D eigenvalue weighted by Gasteiger charge is 2.57. The number of carbonyl (C=O) groups is 2. The first-order chi connectivity index (χ1) is 16.8. The molecule has 0 spiro atoms. The molecule has 180 valence electrons. The maximum atomic E-state index is 13.6. The summed E-state index contributed by atoms with van der Waals surface area (Å²) in [5, 5.41) is 7.36. The molecule has 2 aromatic carbocycles. The lowest BCUT2D eigenvalue weighted by Gasteiger charge is -2.43. The normalized spacial score (nSPS) is 24.7. The van der Waals surface area contributed by atoms with E-state index < -0.39 is 17.0 Å². The number of anilines is 1. The predicted octanol–water partition coefficient (Wildman–Crippen LogP) is 3.69. The van der Waals surface area contributed by atoms with Crippen molar-refractivity contribution < 1.29 is 18.7 Å². The van der Waals surface area contributed by atoms with E-state index in [0.29, 0.717) is 31.0 Å². The Morgan fingerprint density at radius 3 is 2.51 bits per heavy atom.